The molecule has 1 saturated heterocycles. The van der Waals surface area contributed by atoms with Gasteiger partial charge in [0.1, 0.15) is 0 Å². The van der Waals surface area contributed by atoms with E-state index in [1.165, 1.54) is 30.5 Å². The van der Waals surface area contributed by atoms with Crippen molar-refractivity contribution in [2.45, 2.75) is 38.4 Å². The average Bonchev–Trinajstić information content (AvgIpc) is 3.03. The van der Waals surface area contributed by atoms with Crippen molar-refractivity contribution in [1.29, 1.82) is 0 Å². The van der Waals surface area contributed by atoms with E-state index in [2.05, 4.69) is 47.5 Å². The smallest absolute Gasteiger partial charge is 0.0950 e. The molecule has 0 amide bonds. The van der Waals surface area contributed by atoms with Gasteiger partial charge in [0, 0.05) is 30.7 Å². The highest BCUT2D eigenvalue weighted by molar-refractivity contribution is 5.15. The van der Waals surface area contributed by atoms with Gasteiger partial charge in [-0.25, -0.2) is 0 Å². The fraction of sp³-hybridized carbons (Fsp3) is 0.444. The number of nitrogens with one attached hydrogen (secondary N) is 1. The van der Waals surface area contributed by atoms with Crippen LogP contribution in [0.1, 0.15) is 36.9 Å². The van der Waals surface area contributed by atoms with E-state index >= 15 is 0 Å². The molecule has 3 heteroatoms. The largest absolute Gasteiger partial charge is 0.472 e. The van der Waals surface area contributed by atoms with E-state index in [-0.39, 0.29) is 0 Å². The number of likely N-dealkylation sites (tertiary alicyclic amines) is 1. The second-order valence-electron chi connectivity index (χ2n) is 6.00. The fourth-order valence-corrected chi connectivity index (χ4v) is 3.15. The van der Waals surface area contributed by atoms with Crippen molar-refractivity contribution in [1.82, 2.24) is 10.2 Å². The predicted octanol–water partition coefficient (Wildman–Crippen LogP) is 3.59. The minimum Gasteiger partial charge on any atom is -0.472 e. The third kappa shape index (κ3) is 3.96. The molecule has 1 aliphatic rings. The number of hydrogen-bond donors (Lipinski definition) is 1. The van der Waals surface area contributed by atoms with Crippen LogP contribution < -0.4 is 5.32 Å². The maximum Gasteiger partial charge on any atom is 0.0950 e. The molecular formula is C18H24N2O. The lowest BCUT2D eigenvalue weighted by Crippen LogP contribution is -2.45. The van der Waals surface area contributed by atoms with Gasteiger partial charge in [-0.2, -0.15) is 0 Å². The first-order valence-electron chi connectivity index (χ1n) is 7.85. The summed E-state index contributed by atoms with van der Waals surface area (Å²) in [5.74, 6) is 0. The number of furan rings is 1. The molecule has 1 aromatic carbocycles. The molecular weight excluding hydrogens is 260 g/mol. The quantitative estimate of drug-likeness (QED) is 0.909. The van der Waals surface area contributed by atoms with Crippen LogP contribution in [0.25, 0.3) is 0 Å². The van der Waals surface area contributed by atoms with Gasteiger partial charge in [0.05, 0.1) is 12.5 Å². The van der Waals surface area contributed by atoms with E-state index in [9.17, 15) is 0 Å². The van der Waals surface area contributed by atoms with Crippen LogP contribution in [0, 0.1) is 0 Å². The zero-order chi connectivity index (χ0) is 14.5. The summed E-state index contributed by atoms with van der Waals surface area (Å²) in [6, 6.07) is 13.7. The maximum absolute atomic E-state index is 5.17. The Morgan fingerprint density at radius 1 is 1.29 bits per heavy atom. The molecule has 2 atom stereocenters. The zero-order valence-corrected chi connectivity index (χ0v) is 12.7. The Morgan fingerprint density at radius 2 is 2.14 bits per heavy atom. The third-order valence-electron chi connectivity index (χ3n) is 4.28. The van der Waals surface area contributed by atoms with E-state index in [4.69, 9.17) is 4.42 Å². The molecule has 1 N–H and O–H groups in total. The van der Waals surface area contributed by atoms with Crippen molar-refractivity contribution in [2.24, 2.45) is 0 Å². The van der Waals surface area contributed by atoms with Gasteiger partial charge in [0.15, 0.2) is 0 Å². The summed E-state index contributed by atoms with van der Waals surface area (Å²) >= 11 is 0. The van der Waals surface area contributed by atoms with Crippen LogP contribution in [0.4, 0.5) is 0 Å². The Labute approximate surface area is 127 Å². The van der Waals surface area contributed by atoms with Gasteiger partial charge in [-0.3, -0.25) is 4.90 Å². The summed E-state index contributed by atoms with van der Waals surface area (Å²) in [7, 11) is 0. The van der Waals surface area contributed by atoms with Crippen LogP contribution in [0.3, 0.4) is 0 Å². The Bertz CT molecular complexity index is 523. The van der Waals surface area contributed by atoms with Crippen LogP contribution in [0.15, 0.2) is 53.3 Å². The highest BCUT2D eigenvalue weighted by Gasteiger charge is 2.21. The van der Waals surface area contributed by atoms with Gasteiger partial charge in [0.25, 0.3) is 0 Å². The molecule has 2 unspecified atom stereocenters. The first kappa shape index (κ1) is 14.4. The van der Waals surface area contributed by atoms with Gasteiger partial charge < -0.3 is 9.73 Å². The van der Waals surface area contributed by atoms with E-state index in [1.54, 1.807) is 6.26 Å². The molecule has 1 aromatic heterocycles. The van der Waals surface area contributed by atoms with E-state index < -0.39 is 0 Å². The second kappa shape index (κ2) is 6.92. The summed E-state index contributed by atoms with van der Waals surface area (Å²) in [5, 5.41) is 3.74. The first-order valence-corrected chi connectivity index (χ1v) is 7.85. The Balaban J connectivity index is 1.53. The zero-order valence-electron chi connectivity index (χ0n) is 12.7. The number of piperidine rings is 1. The molecule has 3 nitrogen and oxygen atoms in total. The summed E-state index contributed by atoms with van der Waals surface area (Å²) in [6.45, 7) is 5.59. The monoisotopic (exact) mass is 284 g/mol. The minimum atomic E-state index is 0.352. The molecule has 2 heterocycles. The molecule has 0 bridgehead atoms. The second-order valence-corrected chi connectivity index (χ2v) is 6.00. The SMILES string of the molecule is CC(NC1CCCN(Cc2ccccc2)C1)c1ccoc1. The number of hydrogen-bond acceptors (Lipinski definition) is 3. The van der Waals surface area contributed by atoms with Gasteiger partial charge in [0.2, 0.25) is 0 Å². The molecule has 0 saturated carbocycles. The molecule has 2 aromatic rings. The van der Waals surface area contributed by atoms with Crippen LogP contribution in [-0.2, 0) is 6.54 Å². The standard InChI is InChI=1S/C18H24N2O/c1-15(17-9-11-21-14-17)19-18-8-5-10-20(13-18)12-16-6-3-2-4-7-16/h2-4,6-7,9,11,14-15,18-19H,5,8,10,12-13H2,1H3. The summed E-state index contributed by atoms with van der Waals surface area (Å²) in [5.41, 5.74) is 2.64. The number of rotatable bonds is 5. The number of benzene rings is 1. The Hall–Kier alpha value is -1.58. The lowest BCUT2D eigenvalue weighted by atomic mass is 10.0. The topological polar surface area (TPSA) is 28.4 Å². The van der Waals surface area contributed by atoms with Crippen molar-refractivity contribution in [2.75, 3.05) is 13.1 Å². The molecule has 1 aliphatic heterocycles. The maximum atomic E-state index is 5.17. The summed E-state index contributed by atoms with van der Waals surface area (Å²) < 4.78 is 5.17. The van der Waals surface area contributed by atoms with Crippen molar-refractivity contribution < 1.29 is 4.42 Å². The van der Waals surface area contributed by atoms with Gasteiger partial charge >= 0.3 is 0 Å². The summed E-state index contributed by atoms with van der Waals surface area (Å²) in [6.07, 6.45) is 6.11. The predicted molar refractivity (Wildman–Crippen MR) is 85.0 cm³/mol. The third-order valence-corrected chi connectivity index (χ3v) is 4.28. The van der Waals surface area contributed by atoms with Crippen LogP contribution in [0.5, 0.6) is 0 Å². The van der Waals surface area contributed by atoms with Gasteiger partial charge in [-0.1, -0.05) is 30.3 Å². The lowest BCUT2D eigenvalue weighted by Gasteiger charge is -2.34. The summed E-state index contributed by atoms with van der Waals surface area (Å²) in [4.78, 5) is 2.55. The Morgan fingerprint density at radius 3 is 2.90 bits per heavy atom. The van der Waals surface area contributed by atoms with Crippen molar-refractivity contribution >= 4 is 0 Å². The van der Waals surface area contributed by atoms with Crippen LogP contribution in [0.2, 0.25) is 0 Å². The van der Waals surface area contributed by atoms with Crippen LogP contribution in [-0.4, -0.2) is 24.0 Å². The molecule has 0 aliphatic carbocycles. The molecule has 0 spiro atoms. The van der Waals surface area contributed by atoms with Gasteiger partial charge in [-0.05, 0) is 37.9 Å². The van der Waals surface area contributed by atoms with E-state index in [1.807, 2.05) is 12.3 Å². The molecule has 1 fully saturated rings. The fourth-order valence-electron chi connectivity index (χ4n) is 3.15. The first-order chi connectivity index (χ1) is 10.3. The molecule has 21 heavy (non-hydrogen) atoms. The highest BCUT2D eigenvalue weighted by atomic mass is 16.3. The highest BCUT2D eigenvalue weighted by Crippen LogP contribution is 2.18. The lowest BCUT2D eigenvalue weighted by molar-refractivity contribution is 0.177. The number of nitrogens with zero attached hydrogens (tertiary/aromatic N) is 1. The molecule has 3 rings (SSSR count). The molecule has 0 radical (unpaired) electrons. The van der Waals surface area contributed by atoms with E-state index in [0.29, 0.717) is 12.1 Å². The molecule has 112 valence electrons. The van der Waals surface area contributed by atoms with Crippen molar-refractivity contribution in [3.8, 4) is 0 Å². The van der Waals surface area contributed by atoms with Gasteiger partial charge in [-0.15, -0.1) is 0 Å². The minimum absolute atomic E-state index is 0.352. The van der Waals surface area contributed by atoms with Crippen molar-refractivity contribution in [3.05, 3.63) is 60.1 Å². The van der Waals surface area contributed by atoms with Crippen molar-refractivity contribution in [3.63, 3.8) is 0 Å². The van der Waals surface area contributed by atoms with E-state index in [0.717, 1.165) is 13.1 Å². The van der Waals surface area contributed by atoms with Crippen LogP contribution >= 0.6 is 0 Å². The Kier molecular flexibility index (Phi) is 4.73. The normalized spacial score (nSPS) is 21.3. The average molecular weight is 284 g/mol.